The lowest BCUT2D eigenvalue weighted by atomic mass is 10.1. The second-order valence-electron chi connectivity index (χ2n) is 4.04. The maximum atomic E-state index is 9.77. The Morgan fingerprint density at radius 3 is 2.72 bits per heavy atom. The summed E-state index contributed by atoms with van der Waals surface area (Å²) in [6.45, 7) is 2.72. The SMILES string of the molecule is CC(NCc1sccc1Br)c1ccc(O)cc1O. The molecular formula is C13H14BrNO2S. The second-order valence-corrected chi connectivity index (χ2v) is 5.89. The van der Waals surface area contributed by atoms with Gasteiger partial charge in [0.15, 0.2) is 0 Å². The van der Waals surface area contributed by atoms with E-state index in [0.717, 1.165) is 16.6 Å². The van der Waals surface area contributed by atoms with Crippen molar-refractivity contribution in [3.63, 3.8) is 0 Å². The second kappa shape index (κ2) is 5.73. The van der Waals surface area contributed by atoms with Gasteiger partial charge in [-0.15, -0.1) is 11.3 Å². The number of hydrogen-bond donors (Lipinski definition) is 3. The Bertz CT molecular complexity index is 542. The van der Waals surface area contributed by atoms with Gasteiger partial charge in [0.2, 0.25) is 0 Å². The predicted octanol–water partition coefficient (Wildman–Crippen LogP) is 3.77. The fraction of sp³-hybridized carbons (Fsp3) is 0.231. The van der Waals surface area contributed by atoms with Gasteiger partial charge in [-0.25, -0.2) is 0 Å². The molecule has 0 saturated carbocycles. The van der Waals surface area contributed by atoms with Gasteiger partial charge < -0.3 is 15.5 Å². The van der Waals surface area contributed by atoms with Crippen LogP contribution < -0.4 is 5.32 Å². The first-order valence-electron chi connectivity index (χ1n) is 5.55. The van der Waals surface area contributed by atoms with Crippen molar-refractivity contribution in [2.75, 3.05) is 0 Å². The average molecular weight is 328 g/mol. The zero-order valence-corrected chi connectivity index (χ0v) is 12.3. The minimum atomic E-state index is 0.0135. The molecule has 3 nitrogen and oxygen atoms in total. The van der Waals surface area contributed by atoms with Gasteiger partial charge in [-0.3, -0.25) is 0 Å². The van der Waals surface area contributed by atoms with Crippen LogP contribution >= 0.6 is 27.3 Å². The Balaban J connectivity index is 2.03. The van der Waals surface area contributed by atoms with Gasteiger partial charge in [0.25, 0.3) is 0 Å². The Labute approximate surface area is 118 Å². The first kappa shape index (κ1) is 13.4. The van der Waals surface area contributed by atoms with E-state index < -0.39 is 0 Å². The highest BCUT2D eigenvalue weighted by Crippen LogP contribution is 2.29. The van der Waals surface area contributed by atoms with E-state index >= 15 is 0 Å². The van der Waals surface area contributed by atoms with E-state index in [2.05, 4.69) is 21.2 Å². The van der Waals surface area contributed by atoms with E-state index in [-0.39, 0.29) is 17.5 Å². The zero-order chi connectivity index (χ0) is 13.1. The third kappa shape index (κ3) is 3.04. The van der Waals surface area contributed by atoms with E-state index in [9.17, 15) is 10.2 Å². The van der Waals surface area contributed by atoms with E-state index in [0.29, 0.717) is 0 Å². The topological polar surface area (TPSA) is 52.5 Å². The number of phenolic OH excluding ortho intramolecular Hbond substituents is 2. The molecule has 1 aromatic heterocycles. The van der Waals surface area contributed by atoms with Crippen molar-refractivity contribution in [3.8, 4) is 11.5 Å². The van der Waals surface area contributed by atoms with Crippen LogP contribution in [0.5, 0.6) is 11.5 Å². The third-order valence-corrected chi connectivity index (χ3v) is 4.67. The van der Waals surface area contributed by atoms with Gasteiger partial charge in [0.1, 0.15) is 11.5 Å². The van der Waals surface area contributed by atoms with Crippen LogP contribution in [0.2, 0.25) is 0 Å². The predicted molar refractivity (Wildman–Crippen MR) is 77.0 cm³/mol. The van der Waals surface area contributed by atoms with Crippen molar-refractivity contribution in [1.29, 1.82) is 0 Å². The molecule has 0 radical (unpaired) electrons. The molecule has 3 N–H and O–H groups in total. The monoisotopic (exact) mass is 327 g/mol. The number of benzene rings is 1. The van der Waals surface area contributed by atoms with Crippen LogP contribution in [-0.4, -0.2) is 10.2 Å². The van der Waals surface area contributed by atoms with Gasteiger partial charge >= 0.3 is 0 Å². The summed E-state index contributed by atoms with van der Waals surface area (Å²) in [6, 6.07) is 6.69. The van der Waals surface area contributed by atoms with Crippen LogP contribution in [0.15, 0.2) is 34.1 Å². The zero-order valence-electron chi connectivity index (χ0n) is 9.85. The van der Waals surface area contributed by atoms with Crippen LogP contribution in [0.1, 0.15) is 23.4 Å². The number of nitrogens with one attached hydrogen (secondary N) is 1. The number of phenols is 2. The molecule has 96 valence electrons. The molecule has 0 spiro atoms. The minimum Gasteiger partial charge on any atom is -0.508 e. The number of hydrogen-bond acceptors (Lipinski definition) is 4. The fourth-order valence-corrected chi connectivity index (χ4v) is 3.15. The number of aromatic hydroxyl groups is 2. The Kier molecular flexibility index (Phi) is 4.27. The molecule has 0 fully saturated rings. The molecule has 1 atom stereocenters. The van der Waals surface area contributed by atoms with Crippen LogP contribution in [-0.2, 0) is 6.54 Å². The van der Waals surface area contributed by atoms with Crippen molar-refractivity contribution >= 4 is 27.3 Å². The summed E-state index contributed by atoms with van der Waals surface area (Å²) in [6.07, 6.45) is 0. The molecule has 1 unspecified atom stereocenters. The van der Waals surface area contributed by atoms with Gasteiger partial charge in [0, 0.05) is 33.6 Å². The normalized spacial score (nSPS) is 12.6. The largest absolute Gasteiger partial charge is 0.508 e. The molecule has 0 aliphatic carbocycles. The maximum Gasteiger partial charge on any atom is 0.124 e. The molecule has 0 amide bonds. The average Bonchev–Trinajstić information content (AvgIpc) is 2.72. The van der Waals surface area contributed by atoms with Crippen LogP contribution in [0.25, 0.3) is 0 Å². The summed E-state index contributed by atoms with van der Waals surface area (Å²) in [5, 5.41) is 24.4. The lowest BCUT2D eigenvalue weighted by Crippen LogP contribution is -2.17. The summed E-state index contributed by atoms with van der Waals surface area (Å²) in [4.78, 5) is 1.22. The lowest BCUT2D eigenvalue weighted by Gasteiger charge is -2.15. The standard InChI is InChI=1S/C13H14BrNO2S/c1-8(10-3-2-9(16)6-12(10)17)15-7-13-11(14)4-5-18-13/h2-6,8,15-17H,7H2,1H3. The number of thiophene rings is 1. The Hall–Kier alpha value is -1.04. The van der Waals surface area contributed by atoms with Crippen molar-refractivity contribution in [3.05, 3.63) is 44.6 Å². The molecule has 18 heavy (non-hydrogen) atoms. The number of halogens is 1. The summed E-state index contributed by atoms with van der Waals surface area (Å²) in [5.41, 5.74) is 0.778. The molecule has 2 rings (SSSR count). The van der Waals surface area contributed by atoms with Crippen LogP contribution in [0, 0.1) is 0 Å². The van der Waals surface area contributed by atoms with Crippen molar-refractivity contribution < 1.29 is 10.2 Å². The van der Waals surface area contributed by atoms with Crippen molar-refractivity contribution in [2.45, 2.75) is 19.5 Å². The molecular weight excluding hydrogens is 314 g/mol. The third-order valence-electron chi connectivity index (χ3n) is 2.74. The van der Waals surface area contributed by atoms with Gasteiger partial charge in [-0.05, 0) is 40.4 Å². The first-order valence-corrected chi connectivity index (χ1v) is 7.22. The molecule has 0 saturated heterocycles. The minimum absolute atomic E-state index is 0.0135. The molecule has 0 aliphatic heterocycles. The van der Waals surface area contributed by atoms with Gasteiger partial charge in [-0.2, -0.15) is 0 Å². The smallest absolute Gasteiger partial charge is 0.124 e. The van der Waals surface area contributed by atoms with Gasteiger partial charge in [0.05, 0.1) is 0 Å². The summed E-state index contributed by atoms with van der Waals surface area (Å²) < 4.78 is 1.10. The van der Waals surface area contributed by atoms with E-state index in [1.165, 1.54) is 10.9 Å². The Morgan fingerprint density at radius 2 is 2.11 bits per heavy atom. The molecule has 5 heteroatoms. The van der Waals surface area contributed by atoms with Crippen LogP contribution in [0.4, 0.5) is 0 Å². The maximum absolute atomic E-state index is 9.77. The highest BCUT2D eigenvalue weighted by molar-refractivity contribution is 9.10. The first-order chi connectivity index (χ1) is 8.58. The summed E-state index contributed by atoms with van der Waals surface area (Å²) in [5.74, 6) is 0.185. The van der Waals surface area contributed by atoms with Gasteiger partial charge in [-0.1, -0.05) is 6.07 Å². The molecule has 1 aromatic carbocycles. The molecule has 1 heterocycles. The van der Waals surface area contributed by atoms with E-state index in [4.69, 9.17) is 0 Å². The molecule has 0 aliphatic rings. The highest BCUT2D eigenvalue weighted by Gasteiger charge is 2.11. The van der Waals surface area contributed by atoms with Crippen molar-refractivity contribution in [1.82, 2.24) is 5.32 Å². The van der Waals surface area contributed by atoms with Crippen LogP contribution in [0.3, 0.4) is 0 Å². The van der Waals surface area contributed by atoms with Crippen molar-refractivity contribution in [2.24, 2.45) is 0 Å². The summed E-state index contributed by atoms with van der Waals surface area (Å²) >= 11 is 5.17. The highest BCUT2D eigenvalue weighted by atomic mass is 79.9. The molecule has 2 aromatic rings. The number of rotatable bonds is 4. The van der Waals surface area contributed by atoms with E-state index in [1.807, 2.05) is 18.4 Å². The fourth-order valence-electron chi connectivity index (χ4n) is 1.71. The lowest BCUT2D eigenvalue weighted by molar-refractivity contribution is 0.436. The quantitative estimate of drug-likeness (QED) is 0.801. The van der Waals surface area contributed by atoms with E-state index in [1.54, 1.807) is 23.5 Å². The summed E-state index contributed by atoms with van der Waals surface area (Å²) in [7, 11) is 0. The molecule has 0 bridgehead atoms. The Morgan fingerprint density at radius 1 is 1.33 bits per heavy atom.